The van der Waals surface area contributed by atoms with Crippen LogP contribution in [0.4, 0.5) is 26.3 Å². The Balaban J connectivity index is 1.59. The summed E-state index contributed by atoms with van der Waals surface area (Å²) < 4.78 is 81.3. The predicted octanol–water partition coefficient (Wildman–Crippen LogP) is 6.96. The van der Waals surface area contributed by atoms with E-state index in [1.165, 1.54) is 6.07 Å². The normalized spacial score (nSPS) is 12.6. The van der Waals surface area contributed by atoms with E-state index in [-0.39, 0.29) is 23.3 Å². The number of fused-ring (bicyclic) bond motifs is 1. The first-order valence-corrected chi connectivity index (χ1v) is 12.0. The van der Waals surface area contributed by atoms with Gasteiger partial charge < -0.3 is 5.11 Å². The molecule has 4 aromatic carbocycles. The van der Waals surface area contributed by atoms with Gasteiger partial charge in [-0.05, 0) is 41.0 Å². The van der Waals surface area contributed by atoms with E-state index < -0.39 is 29.1 Å². The quantitative estimate of drug-likeness (QED) is 0.239. The summed E-state index contributed by atoms with van der Waals surface area (Å²) in [6.45, 7) is 0. The lowest BCUT2D eigenvalue weighted by molar-refractivity contribution is -0.376. The van der Waals surface area contributed by atoms with E-state index >= 15 is 0 Å². The van der Waals surface area contributed by atoms with Gasteiger partial charge in [0.2, 0.25) is 0 Å². The number of hydrogen-bond donors (Lipinski definition) is 1. The number of aliphatic hydroxyl groups is 1. The van der Waals surface area contributed by atoms with E-state index in [1.54, 1.807) is 18.2 Å². The Kier molecular flexibility index (Phi) is 6.75. The van der Waals surface area contributed by atoms with Crippen LogP contribution >= 0.6 is 0 Å². The summed E-state index contributed by atoms with van der Waals surface area (Å²) in [4.78, 5) is 18.1. The summed E-state index contributed by atoms with van der Waals surface area (Å²) in [5.41, 5.74) is -3.91. The molecule has 10 heteroatoms. The maximum Gasteiger partial charge on any atom is 0.430 e. The Morgan fingerprint density at radius 2 is 1.23 bits per heavy atom. The molecule has 5 aromatic rings. The summed E-state index contributed by atoms with van der Waals surface area (Å²) in [7, 11) is 0. The van der Waals surface area contributed by atoms with Crippen LogP contribution in [0.1, 0.15) is 17.0 Å². The third kappa shape index (κ3) is 4.75. The molecule has 0 amide bonds. The fraction of sp³-hybridized carbons (Fsp3) is 0.133. The fourth-order valence-corrected chi connectivity index (χ4v) is 4.53. The van der Waals surface area contributed by atoms with Gasteiger partial charge >= 0.3 is 12.4 Å². The van der Waals surface area contributed by atoms with Gasteiger partial charge in [0.15, 0.2) is 0 Å². The topological polar surface area (TPSA) is 55.1 Å². The minimum absolute atomic E-state index is 0.00499. The first-order chi connectivity index (χ1) is 18.9. The number of rotatable bonds is 5. The first kappa shape index (κ1) is 27.1. The number of halogens is 6. The van der Waals surface area contributed by atoms with Crippen molar-refractivity contribution in [2.24, 2.45) is 0 Å². The zero-order chi connectivity index (χ0) is 28.7. The fourth-order valence-electron chi connectivity index (χ4n) is 4.53. The lowest BCUT2D eigenvalue weighted by Gasteiger charge is -2.32. The maximum absolute atomic E-state index is 13.5. The molecular formula is C30H20F6N2O2. The number of benzene rings is 4. The predicted molar refractivity (Wildman–Crippen MR) is 138 cm³/mol. The van der Waals surface area contributed by atoms with Crippen LogP contribution in [0.5, 0.6) is 0 Å². The van der Waals surface area contributed by atoms with Crippen LogP contribution in [0.15, 0.2) is 108 Å². The minimum Gasteiger partial charge on any atom is -0.369 e. The maximum atomic E-state index is 13.5. The van der Waals surface area contributed by atoms with E-state index in [0.717, 1.165) is 33.4 Å². The van der Waals surface area contributed by atoms with Gasteiger partial charge in [-0.1, -0.05) is 78.9 Å². The van der Waals surface area contributed by atoms with E-state index in [1.807, 2.05) is 54.6 Å². The van der Waals surface area contributed by atoms with Crippen LogP contribution in [0.3, 0.4) is 0 Å². The van der Waals surface area contributed by atoms with Crippen molar-refractivity contribution in [3.8, 4) is 16.8 Å². The summed E-state index contributed by atoms with van der Waals surface area (Å²) in [5.74, 6) is 0.228. The standard InChI is InChI=1S/C30H20F6N2O2/c31-29(32,33)28(40,30(34,35)36)22-14-16-23(17-15-22)38-26(37-25-9-5-4-8-24(25)27(38)39)18-19-10-12-21(13-11-19)20-6-2-1-3-7-20/h1-17,40H,18H2. The van der Waals surface area contributed by atoms with Crippen LogP contribution in [0.25, 0.3) is 27.7 Å². The Morgan fingerprint density at radius 3 is 1.82 bits per heavy atom. The average molecular weight is 554 g/mol. The van der Waals surface area contributed by atoms with Crippen molar-refractivity contribution >= 4 is 10.9 Å². The van der Waals surface area contributed by atoms with Gasteiger partial charge in [-0.2, -0.15) is 26.3 Å². The molecule has 0 saturated carbocycles. The minimum atomic E-state index is -6.02. The van der Waals surface area contributed by atoms with Crippen LogP contribution in [0, 0.1) is 0 Å². The highest BCUT2D eigenvalue weighted by molar-refractivity contribution is 5.78. The summed E-state index contributed by atoms with van der Waals surface area (Å²) >= 11 is 0. The molecule has 0 fully saturated rings. The van der Waals surface area contributed by atoms with E-state index in [9.17, 15) is 36.2 Å². The van der Waals surface area contributed by atoms with Crippen LogP contribution in [-0.4, -0.2) is 27.0 Å². The zero-order valence-corrected chi connectivity index (χ0v) is 20.5. The largest absolute Gasteiger partial charge is 0.430 e. The molecule has 0 atom stereocenters. The van der Waals surface area contributed by atoms with Gasteiger partial charge in [0.05, 0.1) is 16.6 Å². The third-order valence-corrected chi connectivity index (χ3v) is 6.63. The van der Waals surface area contributed by atoms with Gasteiger partial charge in [-0.3, -0.25) is 9.36 Å². The van der Waals surface area contributed by atoms with Crippen molar-refractivity contribution in [2.45, 2.75) is 24.4 Å². The van der Waals surface area contributed by atoms with Crippen LogP contribution in [0.2, 0.25) is 0 Å². The average Bonchev–Trinajstić information content (AvgIpc) is 2.93. The van der Waals surface area contributed by atoms with Gasteiger partial charge in [-0.15, -0.1) is 0 Å². The Labute approximate surface area is 223 Å². The molecule has 0 radical (unpaired) electrons. The van der Waals surface area contributed by atoms with Crippen molar-refractivity contribution in [1.82, 2.24) is 9.55 Å². The second kappa shape index (κ2) is 9.95. The Hall–Kier alpha value is -4.44. The highest BCUT2D eigenvalue weighted by Gasteiger charge is 2.71. The van der Waals surface area contributed by atoms with Crippen LogP contribution in [-0.2, 0) is 12.0 Å². The lowest BCUT2D eigenvalue weighted by atomic mass is 9.92. The van der Waals surface area contributed by atoms with Crippen molar-refractivity contribution in [1.29, 1.82) is 0 Å². The molecule has 0 saturated heterocycles. The molecule has 0 spiro atoms. The molecule has 5 rings (SSSR count). The number of alkyl halides is 6. The molecule has 0 aliphatic heterocycles. The Bertz CT molecular complexity index is 1700. The molecule has 4 nitrogen and oxygen atoms in total. The molecule has 1 aromatic heterocycles. The molecule has 204 valence electrons. The Morgan fingerprint density at radius 1 is 0.675 bits per heavy atom. The SMILES string of the molecule is O=c1c2ccccc2nc(Cc2ccc(-c3ccccc3)cc2)n1-c1ccc(C(O)(C(F)(F)F)C(F)(F)F)cc1. The molecule has 0 bridgehead atoms. The van der Waals surface area contributed by atoms with E-state index in [4.69, 9.17) is 0 Å². The van der Waals surface area contributed by atoms with Gasteiger partial charge in [-0.25, -0.2) is 4.98 Å². The monoisotopic (exact) mass is 554 g/mol. The summed E-state index contributed by atoms with van der Waals surface area (Å²) in [6, 6.07) is 26.5. The van der Waals surface area contributed by atoms with Gasteiger partial charge in [0.1, 0.15) is 5.82 Å². The molecule has 1 N–H and O–H groups in total. The van der Waals surface area contributed by atoms with E-state index in [2.05, 4.69) is 4.98 Å². The van der Waals surface area contributed by atoms with Crippen molar-refractivity contribution in [3.63, 3.8) is 0 Å². The second-order valence-corrected chi connectivity index (χ2v) is 9.18. The van der Waals surface area contributed by atoms with E-state index in [0.29, 0.717) is 17.6 Å². The molecule has 1 heterocycles. The number of aromatic nitrogens is 2. The molecule has 0 aliphatic carbocycles. The second-order valence-electron chi connectivity index (χ2n) is 9.18. The molecule has 40 heavy (non-hydrogen) atoms. The lowest BCUT2D eigenvalue weighted by Crippen LogP contribution is -2.53. The zero-order valence-electron chi connectivity index (χ0n) is 20.5. The van der Waals surface area contributed by atoms with Gasteiger partial charge in [0.25, 0.3) is 11.2 Å². The van der Waals surface area contributed by atoms with Crippen molar-refractivity contribution < 1.29 is 31.4 Å². The van der Waals surface area contributed by atoms with Crippen LogP contribution < -0.4 is 5.56 Å². The van der Waals surface area contributed by atoms with Gasteiger partial charge in [0, 0.05) is 12.0 Å². The number of nitrogens with zero attached hydrogens (tertiary/aromatic N) is 2. The summed E-state index contributed by atoms with van der Waals surface area (Å²) in [6.07, 6.45) is -11.9. The number of hydrogen-bond acceptors (Lipinski definition) is 3. The smallest absolute Gasteiger partial charge is 0.369 e. The summed E-state index contributed by atoms with van der Waals surface area (Å²) in [5, 5.41) is 9.96. The highest BCUT2D eigenvalue weighted by atomic mass is 19.4. The highest BCUT2D eigenvalue weighted by Crippen LogP contribution is 2.50. The molecule has 0 unspecified atom stereocenters. The number of para-hydroxylation sites is 1. The molecule has 0 aliphatic rings. The van der Waals surface area contributed by atoms with Crippen molar-refractivity contribution in [3.05, 3.63) is 130 Å². The van der Waals surface area contributed by atoms with Crippen molar-refractivity contribution in [2.75, 3.05) is 0 Å². The molecular weight excluding hydrogens is 534 g/mol. The third-order valence-electron chi connectivity index (χ3n) is 6.63. The first-order valence-electron chi connectivity index (χ1n) is 12.0.